The van der Waals surface area contributed by atoms with Gasteiger partial charge in [-0.15, -0.1) is 0 Å². The minimum atomic E-state index is -4.47. The first-order valence-electron chi connectivity index (χ1n) is 5.17. The summed E-state index contributed by atoms with van der Waals surface area (Å²) in [5, 5.41) is -0.0399. The molecule has 3 nitrogen and oxygen atoms in total. The van der Waals surface area contributed by atoms with E-state index in [1.807, 2.05) is 0 Å². The molecule has 7 heteroatoms. The quantitative estimate of drug-likeness (QED) is 0.861. The van der Waals surface area contributed by atoms with Crippen molar-refractivity contribution in [3.63, 3.8) is 0 Å². The molecule has 1 aromatic carbocycles. The van der Waals surface area contributed by atoms with Crippen molar-refractivity contribution in [1.82, 2.24) is 4.98 Å². The molecular weight excluding hydrogens is 281 g/mol. The van der Waals surface area contributed by atoms with Gasteiger partial charge in [0.15, 0.2) is 0 Å². The van der Waals surface area contributed by atoms with Crippen molar-refractivity contribution in [2.75, 3.05) is 5.48 Å². The summed E-state index contributed by atoms with van der Waals surface area (Å²) in [5.74, 6) is 0.232. The minimum absolute atomic E-state index is 0.0399. The van der Waals surface area contributed by atoms with Crippen LogP contribution in [0.3, 0.4) is 0 Å². The lowest BCUT2D eigenvalue weighted by Crippen LogP contribution is -2.09. The number of aromatic nitrogens is 1. The molecule has 0 aliphatic heterocycles. The standard InChI is InChI=1S/C12H8ClF3N2O/c13-9-5-8(12(14,15)16)6-10(7-9)18-19-11-3-1-2-4-17-11/h1-7,18H. The van der Waals surface area contributed by atoms with Crippen LogP contribution in [0.5, 0.6) is 5.88 Å². The van der Waals surface area contributed by atoms with E-state index < -0.39 is 11.7 Å². The summed E-state index contributed by atoms with van der Waals surface area (Å²) in [7, 11) is 0. The van der Waals surface area contributed by atoms with E-state index in [1.165, 1.54) is 12.3 Å². The van der Waals surface area contributed by atoms with Crippen molar-refractivity contribution in [3.8, 4) is 5.88 Å². The van der Waals surface area contributed by atoms with Crippen molar-refractivity contribution in [2.24, 2.45) is 0 Å². The highest BCUT2D eigenvalue weighted by molar-refractivity contribution is 6.30. The zero-order chi connectivity index (χ0) is 13.9. The first-order valence-corrected chi connectivity index (χ1v) is 5.54. The average Bonchev–Trinajstić information content (AvgIpc) is 2.36. The molecule has 2 aromatic rings. The third kappa shape index (κ3) is 3.75. The summed E-state index contributed by atoms with van der Waals surface area (Å²) in [6.07, 6.45) is -2.97. The fraction of sp³-hybridized carbons (Fsp3) is 0.0833. The molecule has 0 spiro atoms. The van der Waals surface area contributed by atoms with Crippen LogP contribution in [0.1, 0.15) is 5.56 Å². The summed E-state index contributed by atoms with van der Waals surface area (Å²) >= 11 is 5.63. The fourth-order valence-corrected chi connectivity index (χ4v) is 1.57. The highest BCUT2D eigenvalue weighted by Gasteiger charge is 2.31. The summed E-state index contributed by atoms with van der Waals surface area (Å²) in [4.78, 5) is 8.88. The second-order valence-electron chi connectivity index (χ2n) is 3.60. The van der Waals surface area contributed by atoms with E-state index in [0.29, 0.717) is 0 Å². The maximum atomic E-state index is 12.6. The molecule has 0 radical (unpaired) electrons. The second-order valence-corrected chi connectivity index (χ2v) is 4.03. The summed E-state index contributed by atoms with van der Waals surface area (Å²) in [6.45, 7) is 0. The molecule has 0 atom stereocenters. The topological polar surface area (TPSA) is 34.1 Å². The van der Waals surface area contributed by atoms with Crippen LogP contribution in [0.4, 0.5) is 18.9 Å². The number of anilines is 1. The molecule has 0 unspecified atom stereocenters. The molecule has 0 bridgehead atoms. The summed E-state index contributed by atoms with van der Waals surface area (Å²) in [5.41, 5.74) is 1.60. The Kier molecular flexibility index (Phi) is 3.80. The minimum Gasteiger partial charge on any atom is -0.362 e. The zero-order valence-corrected chi connectivity index (χ0v) is 10.2. The van der Waals surface area contributed by atoms with Gasteiger partial charge in [-0.2, -0.15) is 13.2 Å². The lowest BCUT2D eigenvalue weighted by Gasteiger charge is -2.11. The van der Waals surface area contributed by atoms with Crippen LogP contribution in [0.2, 0.25) is 5.02 Å². The Hall–Kier alpha value is -1.95. The van der Waals surface area contributed by atoms with Gasteiger partial charge in [0.1, 0.15) is 0 Å². The first-order chi connectivity index (χ1) is 8.95. The fourth-order valence-electron chi connectivity index (χ4n) is 1.33. The normalized spacial score (nSPS) is 11.2. The van der Waals surface area contributed by atoms with Gasteiger partial charge < -0.3 is 4.84 Å². The van der Waals surface area contributed by atoms with Crippen LogP contribution in [0, 0.1) is 0 Å². The number of alkyl halides is 3. The number of benzene rings is 1. The van der Waals surface area contributed by atoms with Crippen molar-refractivity contribution >= 4 is 17.3 Å². The number of nitrogens with zero attached hydrogens (tertiary/aromatic N) is 1. The molecule has 100 valence electrons. The van der Waals surface area contributed by atoms with Crippen molar-refractivity contribution in [1.29, 1.82) is 0 Å². The van der Waals surface area contributed by atoms with Gasteiger partial charge in [0.25, 0.3) is 0 Å². The zero-order valence-electron chi connectivity index (χ0n) is 9.41. The summed E-state index contributed by atoms with van der Waals surface area (Å²) in [6, 6.07) is 7.99. The molecule has 1 N–H and O–H groups in total. The smallest absolute Gasteiger partial charge is 0.362 e. The van der Waals surface area contributed by atoms with Gasteiger partial charge in [-0.1, -0.05) is 17.7 Å². The number of nitrogens with one attached hydrogen (secondary N) is 1. The monoisotopic (exact) mass is 288 g/mol. The van der Waals surface area contributed by atoms with Crippen molar-refractivity contribution < 1.29 is 18.0 Å². The molecule has 0 fully saturated rings. The van der Waals surface area contributed by atoms with Crippen LogP contribution in [0.15, 0.2) is 42.6 Å². The van der Waals surface area contributed by atoms with Gasteiger partial charge in [-0.25, -0.2) is 10.5 Å². The van der Waals surface area contributed by atoms with Gasteiger partial charge in [0.2, 0.25) is 5.88 Å². The molecule has 0 aliphatic carbocycles. The second kappa shape index (κ2) is 5.36. The molecule has 0 amide bonds. The Balaban J connectivity index is 2.15. The van der Waals surface area contributed by atoms with Crippen LogP contribution >= 0.6 is 11.6 Å². The van der Waals surface area contributed by atoms with Gasteiger partial charge >= 0.3 is 6.18 Å². The van der Waals surface area contributed by atoms with E-state index in [4.69, 9.17) is 16.4 Å². The first kappa shape index (κ1) is 13.5. The van der Waals surface area contributed by atoms with Crippen LogP contribution in [-0.4, -0.2) is 4.98 Å². The largest absolute Gasteiger partial charge is 0.416 e. The van der Waals surface area contributed by atoms with Gasteiger partial charge in [0.05, 0.1) is 11.3 Å². The molecular formula is C12H8ClF3N2O. The number of halogens is 4. The van der Waals surface area contributed by atoms with Crippen LogP contribution in [-0.2, 0) is 6.18 Å². The molecule has 1 heterocycles. The van der Waals surface area contributed by atoms with E-state index in [9.17, 15) is 13.2 Å². The Bertz CT molecular complexity index is 561. The Morgan fingerprint density at radius 2 is 1.95 bits per heavy atom. The molecule has 19 heavy (non-hydrogen) atoms. The van der Waals surface area contributed by atoms with E-state index in [-0.39, 0.29) is 16.6 Å². The van der Waals surface area contributed by atoms with Gasteiger partial charge in [-0.05, 0) is 24.3 Å². The lowest BCUT2D eigenvalue weighted by molar-refractivity contribution is -0.137. The van der Waals surface area contributed by atoms with Crippen LogP contribution in [0.25, 0.3) is 0 Å². The Labute approximate surface area is 111 Å². The highest BCUT2D eigenvalue weighted by atomic mass is 35.5. The third-order valence-corrected chi connectivity index (χ3v) is 2.35. The third-order valence-electron chi connectivity index (χ3n) is 2.14. The number of hydrogen-bond acceptors (Lipinski definition) is 3. The molecule has 0 saturated heterocycles. The number of hydrogen-bond donors (Lipinski definition) is 1. The van der Waals surface area contributed by atoms with Crippen LogP contribution < -0.4 is 10.3 Å². The maximum absolute atomic E-state index is 12.6. The number of pyridine rings is 1. The van der Waals surface area contributed by atoms with E-state index in [0.717, 1.165) is 12.1 Å². The van der Waals surface area contributed by atoms with E-state index in [1.54, 1.807) is 18.2 Å². The average molecular weight is 289 g/mol. The van der Waals surface area contributed by atoms with Crippen molar-refractivity contribution in [2.45, 2.75) is 6.18 Å². The lowest BCUT2D eigenvalue weighted by atomic mass is 10.2. The van der Waals surface area contributed by atoms with Gasteiger partial charge in [0, 0.05) is 17.3 Å². The maximum Gasteiger partial charge on any atom is 0.416 e. The predicted molar refractivity (Wildman–Crippen MR) is 64.9 cm³/mol. The SMILES string of the molecule is FC(F)(F)c1cc(Cl)cc(NOc2ccccn2)c1. The van der Waals surface area contributed by atoms with Gasteiger partial charge in [-0.3, -0.25) is 0 Å². The highest BCUT2D eigenvalue weighted by Crippen LogP contribution is 2.33. The summed E-state index contributed by atoms with van der Waals surface area (Å²) < 4.78 is 37.7. The Morgan fingerprint density at radius 3 is 2.58 bits per heavy atom. The molecule has 0 saturated carbocycles. The van der Waals surface area contributed by atoms with E-state index in [2.05, 4.69) is 10.5 Å². The predicted octanol–water partition coefficient (Wildman–Crippen LogP) is 4.16. The molecule has 2 rings (SSSR count). The van der Waals surface area contributed by atoms with Crippen molar-refractivity contribution in [3.05, 3.63) is 53.2 Å². The number of rotatable bonds is 3. The molecule has 1 aromatic heterocycles. The van der Waals surface area contributed by atoms with E-state index >= 15 is 0 Å². The molecule has 0 aliphatic rings. The Morgan fingerprint density at radius 1 is 1.16 bits per heavy atom.